The minimum Gasteiger partial charge on any atom is -0.468 e. The predicted molar refractivity (Wildman–Crippen MR) is 64.4 cm³/mol. The van der Waals surface area contributed by atoms with Crippen LogP contribution in [0.1, 0.15) is 12.0 Å². The summed E-state index contributed by atoms with van der Waals surface area (Å²) in [5, 5.41) is 0. The van der Waals surface area contributed by atoms with E-state index >= 15 is 0 Å². The molecule has 0 saturated carbocycles. The molecule has 0 heterocycles. The third kappa shape index (κ3) is 4.68. The van der Waals surface area contributed by atoms with E-state index in [1.807, 2.05) is 30.3 Å². The van der Waals surface area contributed by atoms with E-state index in [-0.39, 0.29) is 12.5 Å². The lowest BCUT2D eigenvalue weighted by Crippen LogP contribution is -2.32. The van der Waals surface area contributed by atoms with Gasteiger partial charge >= 0.3 is 5.97 Å². The van der Waals surface area contributed by atoms with E-state index in [1.165, 1.54) is 12.0 Å². The molecule has 17 heavy (non-hydrogen) atoms. The van der Waals surface area contributed by atoms with E-state index in [2.05, 4.69) is 4.74 Å². The second-order valence-electron chi connectivity index (χ2n) is 3.81. The Labute approximate surface area is 101 Å². The van der Waals surface area contributed by atoms with Crippen LogP contribution in [-0.4, -0.2) is 37.5 Å². The molecule has 1 rings (SSSR count). The van der Waals surface area contributed by atoms with Crippen molar-refractivity contribution < 1.29 is 14.3 Å². The Morgan fingerprint density at radius 3 is 2.47 bits per heavy atom. The first-order chi connectivity index (χ1) is 8.13. The molecule has 0 aromatic heterocycles. The Morgan fingerprint density at radius 1 is 1.24 bits per heavy atom. The normalized spacial score (nSPS) is 9.76. The molecule has 4 heteroatoms. The van der Waals surface area contributed by atoms with Crippen LogP contribution < -0.4 is 0 Å². The second kappa shape index (κ2) is 6.68. The summed E-state index contributed by atoms with van der Waals surface area (Å²) in [5.74, 6) is -0.459. The van der Waals surface area contributed by atoms with Gasteiger partial charge < -0.3 is 9.64 Å². The molecular weight excluding hydrogens is 218 g/mol. The van der Waals surface area contributed by atoms with Crippen molar-refractivity contribution in [3.05, 3.63) is 35.9 Å². The van der Waals surface area contributed by atoms with Crippen molar-refractivity contribution >= 4 is 11.9 Å². The smallest absolute Gasteiger partial charge is 0.325 e. The highest BCUT2D eigenvalue weighted by Crippen LogP contribution is 2.04. The zero-order valence-electron chi connectivity index (χ0n) is 10.2. The first-order valence-electron chi connectivity index (χ1n) is 5.48. The van der Waals surface area contributed by atoms with E-state index in [0.29, 0.717) is 12.8 Å². The molecule has 0 aliphatic rings. The van der Waals surface area contributed by atoms with Crippen molar-refractivity contribution in [2.45, 2.75) is 12.8 Å². The number of hydrogen-bond acceptors (Lipinski definition) is 3. The van der Waals surface area contributed by atoms with Crippen LogP contribution in [0.25, 0.3) is 0 Å². The fourth-order valence-electron chi connectivity index (χ4n) is 1.43. The lowest BCUT2D eigenvalue weighted by Gasteiger charge is -2.15. The van der Waals surface area contributed by atoms with Crippen LogP contribution >= 0.6 is 0 Å². The van der Waals surface area contributed by atoms with Gasteiger partial charge in [0.05, 0.1) is 7.11 Å². The average Bonchev–Trinajstić information content (AvgIpc) is 2.36. The lowest BCUT2D eigenvalue weighted by molar-refractivity contribution is -0.146. The Bertz CT molecular complexity index is 376. The van der Waals surface area contributed by atoms with Crippen LogP contribution in [0, 0.1) is 0 Å². The molecule has 1 aromatic rings. The maximum absolute atomic E-state index is 11.7. The average molecular weight is 235 g/mol. The zero-order valence-corrected chi connectivity index (χ0v) is 10.2. The Hall–Kier alpha value is -1.84. The third-order valence-corrected chi connectivity index (χ3v) is 2.49. The van der Waals surface area contributed by atoms with Gasteiger partial charge in [-0.3, -0.25) is 9.59 Å². The zero-order chi connectivity index (χ0) is 12.7. The van der Waals surface area contributed by atoms with E-state index in [1.54, 1.807) is 7.05 Å². The first kappa shape index (κ1) is 13.2. The number of likely N-dealkylation sites (N-methyl/N-ethyl adjacent to an activating group) is 1. The van der Waals surface area contributed by atoms with Crippen LogP contribution in [0.2, 0.25) is 0 Å². The summed E-state index contributed by atoms with van der Waals surface area (Å²) in [4.78, 5) is 24.1. The Morgan fingerprint density at radius 2 is 1.88 bits per heavy atom. The quantitative estimate of drug-likeness (QED) is 0.722. The number of hydrogen-bond donors (Lipinski definition) is 0. The van der Waals surface area contributed by atoms with Gasteiger partial charge in [-0.25, -0.2) is 0 Å². The minimum atomic E-state index is -0.402. The monoisotopic (exact) mass is 235 g/mol. The molecule has 0 radical (unpaired) electrons. The number of ether oxygens (including phenoxy) is 1. The standard InChI is InChI=1S/C13H17NO3/c1-14(10-13(16)17-2)12(15)9-8-11-6-4-3-5-7-11/h3-7H,8-10H2,1-2H3. The number of carbonyl (C=O) groups is 2. The van der Waals surface area contributed by atoms with Gasteiger partial charge in [-0.1, -0.05) is 30.3 Å². The number of aryl methyl sites for hydroxylation is 1. The fraction of sp³-hybridized carbons (Fsp3) is 0.385. The summed E-state index contributed by atoms with van der Waals surface area (Å²) < 4.78 is 4.50. The van der Waals surface area contributed by atoms with E-state index in [0.717, 1.165) is 5.56 Å². The molecule has 0 aliphatic heterocycles. The molecule has 0 unspecified atom stereocenters. The van der Waals surface area contributed by atoms with Crippen LogP contribution in [0.5, 0.6) is 0 Å². The summed E-state index contributed by atoms with van der Waals surface area (Å²) in [6.07, 6.45) is 1.09. The van der Waals surface area contributed by atoms with Crippen molar-refractivity contribution in [2.24, 2.45) is 0 Å². The first-order valence-corrected chi connectivity index (χ1v) is 5.48. The van der Waals surface area contributed by atoms with Gasteiger partial charge in [-0.2, -0.15) is 0 Å². The van der Waals surface area contributed by atoms with Crippen molar-refractivity contribution in [3.8, 4) is 0 Å². The van der Waals surface area contributed by atoms with Crippen LogP contribution in [0.4, 0.5) is 0 Å². The molecule has 92 valence electrons. The van der Waals surface area contributed by atoms with Gasteiger partial charge in [0.15, 0.2) is 0 Å². The van der Waals surface area contributed by atoms with E-state index in [4.69, 9.17) is 0 Å². The fourth-order valence-corrected chi connectivity index (χ4v) is 1.43. The van der Waals surface area contributed by atoms with Crippen molar-refractivity contribution in [1.29, 1.82) is 0 Å². The molecule has 0 aliphatic carbocycles. The van der Waals surface area contributed by atoms with Crippen molar-refractivity contribution in [2.75, 3.05) is 20.7 Å². The van der Waals surface area contributed by atoms with Gasteiger partial charge in [-0.15, -0.1) is 0 Å². The molecule has 0 spiro atoms. The molecule has 4 nitrogen and oxygen atoms in total. The van der Waals surface area contributed by atoms with Gasteiger partial charge in [0.1, 0.15) is 6.54 Å². The van der Waals surface area contributed by atoms with Crippen LogP contribution in [0.3, 0.4) is 0 Å². The number of amides is 1. The minimum absolute atomic E-state index is 0.00409. The summed E-state index contributed by atoms with van der Waals surface area (Å²) in [5.41, 5.74) is 1.12. The van der Waals surface area contributed by atoms with Crippen LogP contribution in [-0.2, 0) is 20.7 Å². The molecule has 0 saturated heterocycles. The lowest BCUT2D eigenvalue weighted by atomic mass is 10.1. The highest BCUT2D eigenvalue weighted by Gasteiger charge is 2.12. The molecule has 0 bridgehead atoms. The highest BCUT2D eigenvalue weighted by atomic mass is 16.5. The summed E-state index contributed by atoms with van der Waals surface area (Å²) in [7, 11) is 2.91. The molecule has 1 amide bonds. The Kier molecular flexibility index (Phi) is 5.20. The summed E-state index contributed by atoms with van der Waals surface area (Å²) in [6.45, 7) is 0.00409. The van der Waals surface area contributed by atoms with Crippen molar-refractivity contribution in [3.63, 3.8) is 0 Å². The van der Waals surface area contributed by atoms with Gasteiger partial charge in [-0.05, 0) is 12.0 Å². The second-order valence-corrected chi connectivity index (χ2v) is 3.81. The SMILES string of the molecule is COC(=O)CN(C)C(=O)CCc1ccccc1. The topological polar surface area (TPSA) is 46.6 Å². The molecule has 0 atom stereocenters. The molecular formula is C13H17NO3. The Balaban J connectivity index is 2.37. The molecule has 1 aromatic carbocycles. The van der Waals surface area contributed by atoms with Gasteiger partial charge in [0.25, 0.3) is 0 Å². The maximum Gasteiger partial charge on any atom is 0.325 e. The number of esters is 1. The van der Waals surface area contributed by atoms with Gasteiger partial charge in [0.2, 0.25) is 5.91 Å². The number of rotatable bonds is 5. The van der Waals surface area contributed by atoms with E-state index < -0.39 is 5.97 Å². The van der Waals surface area contributed by atoms with E-state index in [9.17, 15) is 9.59 Å². The summed E-state index contributed by atoms with van der Waals surface area (Å²) in [6, 6.07) is 9.78. The van der Waals surface area contributed by atoms with Gasteiger partial charge in [0, 0.05) is 13.5 Å². The number of methoxy groups -OCH3 is 1. The highest BCUT2D eigenvalue weighted by molar-refractivity contribution is 5.81. The number of carbonyl (C=O) groups excluding carboxylic acids is 2. The van der Waals surface area contributed by atoms with Crippen LogP contribution in [0.15, 0.2) is 30.3 Å². The summed E-state index contributed by atoms with van der Waals surface area (Å²) >= 11 is 0. The number of benzene rings is 1. The van der Waals surface area contributed by atoms with Crippen molar-refractivity contribution in [1.82, 2.24) is 4.90 Å². The molecule has 0 fully saturated rings. The molecule has 0 N–H and O–H groups in total. The predicted octanol–water partition coefficient (Wildman–Crippen LogP) is 1.25. The number of nitrogens with zero attached hydrogens (tertiary/aromatic N) is 1. The largest absolute Gasteiger partial charge is 0.468 e. The maximum atomic E-state index is 11.7. The third-order valence-electron chi connectivity index (χ3n) is 2.49.